The predicted molar refractivity (Wildman–Crippen MR) is 69.8 cm³/mol. The van der Waals surface area contributed by atoms with Gasteiger partial charge in [0.2, 0.25) is 11.1 Å². The Morgan fingerprint density at radius 3 is 2.95 bits per heavy atom. The van der Waals surface area contributed by atoms with Gasteiger partial charge in [-0.3, -0.25) is 9.59 Å². The molecule has 0 aromatic rings. The molecule has 1 N–H and O–H groups in total. The number of hydrogen-bond donors (Lipinski definition) is 1. The van der Waals surface area contributed by atoms with Gasteiger partial charge in [-0.25, -0.2) is 4.79 Å². The number of rotatable bonds is 7. The highest BCUT2D eigenvalue weighted by molar-refractivity contribution is 6.63. The summed E-state index contributed by atoms with van der Waals surface area (Å²) in [5, 5.41) is 2.06. The van der Waals surface area contributed by atoms with Crippen LogP contribution in [-0.2, 0) is 14.3 Å². The highest BCUT2D eigenvalue weighted by Gasteiger charge is 2.31. The molecule has 0 spiro atoms. The lowest BCUT2D eigenvalue weighted by Gasteiger charge is -2.23. The largest absolute Gasteiger partial charge is 0.445 e. The van der Waals surface area contributed by atoms with E-state index >= 15 is 0 Å². The van der Waals surface area contributed by atoms with Gasteiger partial charge in [0.1, 0.15) is 6.61 Å². The molecule has 1 aliphatic heterocycles. The summed E-state index contributed by atoms with van der Waals surface area (Å²) < 4.78 is 4.73. The third-order valence-electron chi connectivity index (χ3n) is 2.80. The minimum Gasteiger partial charge on any atom is -0.445 e. The number of likely N-dealkylation sites (tertiary alicyclic amines) is 1. The fourth-order valence-electron chi connectivity index (χ4n) is 1.96. The van der Waals surface area contributed by atoms with E-state index in [9.17, 15) is 14.4 Å². The maximum Gasteiger partial charge on any atom is 0.407 e. The quantitative estimate of drug-likeness (QED) is 0.561. The van der Waals surface area contributed by atoms with Gasteiger partial charge < -0.3 is 15.0 Å². The highest BCUT2D eigenvalue weighted by atomic mass is 35.5. The molecule has 19 heavy (non-hydrogen) atoms. The van der Waals surface area contributed by atoms with Gasteiger partial charge in [-0.1, -0.05) is 12.7 Å². The summed E-state index contributed by atoms with van der Waals surface area (Å²) in [6, 6.07) is -0.163. The highest BCUT2D eigenvalue weighted by Crippen LogP contribution is 2.21. The van der Waals surface area contributed by atoms with E-state index in [1.807, 2.05) is 0 Å². The number of halogens is 1. The monoisotopic (exact) mass is 288 g/mol. The Kier molecular flexibility index (Phi) is 6.35. The molecule has 1 saturated heterocycles. The molecular formula is C12H17ClN2O4. The van der Waals surface area contributed by atoms with Crippen molar-refractivity contribution in [3.8, 4) is 0 Å². The van der Waals surface area contributed by atoms with E-state index in [0.29, 0.717) is 19.4 Å². The van der Waals surface area contributed by atoms with Crippen molar-refractivity contribution in [2.24, 2.45) is 0 Å². The van der Waals surface area contributed by atoms with Crippen molar-refractivity contribution >= 4 is 28.8 Å². The molecule has 1 heterocycles. The van der Waals surface area contributed by atoms with Gasteiger partial charge in [0.15, 0.2) is 0 Å². The summed E-state index contributed by atoms with van der Waals surface area (Å²) in [6.07, 6.45) is 2.09. The Labute approximate surface area is 116 Å². The molecule has 0 unspecified atom stereocenters. The second-order valence-electron chi connectivity index (χ2n) is 4.15. The first-order valence-electron chi connectivity index (χ1n) is 6.04. The zero-order valence-corrected chi connectivity index (χ0v) is 11.3. The number of alkyl carbamates (subject to hydrolysis) is 1. The van der Waals surface area contributed by atoms with Crippen LogP contribution in [0.25, 0.3) is 0 Å². The zero-order valence-electron chi connectivity index (χ0n) is 10.6. The van der Waals surface area contributed by atoms with Gasteiger partial charge in [0.05, 0.1) is 0 Å². The van der Waals surface area contributed by atoms with Crippen LogP contribution in [-0.4, -0.2) is 47.9 Å². The predicted octanol–water partition coefficient (Wildman–Crippen LogP) is 1.05. The van der Waals surface area contributed by atoms with Gasteiger partial charge in [0.25, 0.3) is 0 Å². The Bertz CT molecular complexity index is 373. The topological polar surface area (TPSA) is 75.7 Å². The average molecular weight is 289 g/mol. The minimum absolute atomic E-state index is 0.0239. The van der Waals surface area contributed by atoms with E-state index in [2.05, 4.69) is 11.9 Å². The lowest BCUT2D eigenvalue weighted by molar-refractivity contribution is -0.129. The van der Waals surface area contributed by atoms with Crippen LogP contribution in [0.2, 0.25) is 0 Å². The van der Waals surface area contributed by atoms with E-state index in [4.69, 9.17) is 16.3 Å². The van der Waals surface area contributed by atoms with E-state index in [1.165, 1.54) is 6.08 Å². The van der Waals surface area contributed by atoms with Crippen molar-refractivity contribution in [3.05, 3.63) is 12.7 Å². The second kappa shape index (κ2) is 7.78. The molecule has 0 saturated carbocycles. The Morgan fingerprint density at radius 2 is 2.32 bits per heavy atom. The molecule has 0 radical (unpaired) electrons. The number of hydrogen-bond acceptors (Lipinski definition) is 4. The van der Waals surface area contributed by atoms with E-state index in [1.54, 1.807) is 4.90 Å². The number of nitrogens with zero attached hydrogens (tertiary/aromatic N) is 1. The van der Waals surface area contributed by atoms with Crippen LogP contribution >= 0.6 is 11.6 Å². The van der Waals surface area contributed by atoms with Crippen LogP contribution in [0.5, 0.6) is 0 Å². The number of amides is 2. The lowest BCUT2D eigenvalue weighted by Crippen LogP contribution is -2.40. The van der Waals surface area contributed by atoms with E-state index < -0.39 is 11.3 Å². The first-order valence-corrected chi connectivity index (χ1v) is 6.41. The smallest absolute Gasteiger partial charge is 0.407 e. The molecule has 1 fully saturated rings. The van der Waals surface area contributed by atoms with Crippen molar-refractivity contribution in [2.75, 3.05) is 19.7 Å². The molecule has 0 bridgehead atoms. The maximum absolute atomic E-state index is 11.6. The summed E-state index contributed by atoms with van der Waals surface area (Å²) in [5.41, 5.74) is 0. The molecule has 0 aromatic carbocycles. The van der Waals surface area contributed by atoms with E-state index in [-0.39, 0.29) is 31.5 Å². The maximum atomic E-state index is 11.6. The van der Waals surface area contributed by atoms with Crippen molar-refractivity contribution in [2.45, 2.75) is 25.3 Å². The van der Waals surface area contributed by atoms with Crippen molar-refractivity contribution in [3.63, 3.8) is 0 Å². The summed E-state index contributed by atoms with van der Waals surface area (Å²) in [5.74, 6) is -0.0239. The molecule has 6 nitrogen and oxygen atoms in total. The minimum atomic E-state index is -0.559. The first kappa shape index (κ1) is 15.5. The Balaban J connectivity index is 2.33. The standard InChI is InChI=1S/C12H17ClN2O4/c1-2-7-19-12(18)14-5-6-15-9(8-10(13)16)3-4-11(15)17/h2,9H,1,3-8H2,(H,14,18)/t9-/m0/s1. The molecule has 0 aliphatic carbocycles. The van der Waals surface area contributed by atoms with Gasteiger partial charge >= 0.3 is 6.09 Å². The van der Waals surface area contributed by atoms with Gasteiger partial charge in [0, 0.05) is 32.0 Å². The van der Waals surface area contributed by atoms with Crippen LogP contribution in [0.4, 0.5) is 4.79 Å². The van der Waals surface area contributed by atoms with Gasteiger partial charge in [-0.2, -0.15) is 0 Å². The normalized spacial score (nSPS) is 18.3. The fourth-order valence-corrected chi connectivity index (χ4v) is 2.14. The molecular weight excluding hydrogens is 272 g/mol. The van der Waals surface area contributed by atoms with Crippen LogP contribution in [0.15, 0.2) is 12.7 Å². The third-order valence-corrected chi connectivity index (χ3v) is 2.96. The Hall–Kier alpha value is -1.56. The SMILES string of the molecule is C=CCOC(=O)NCCN1C(=O)CC[C@H]1CC(=O)Cl. The third kappa shape index (κ3) is 5.30. The Morgan fingerprint density at radius 1 is 1.58 bits per heavy atom. The first-order chi connectivity index (χ1) is 9.04. The average Bonchev–Trinajstić information content (AvgIpc) is 2.68. The molecule has 0 aromatic heterocycles. The van der Waals surface area contributed by atoms with Gasteiger partial charge in [-0.05, 0) is 18.0 Å². The van der Waals surface area contributed by atoms with Crippen molar-refractivity contribution < 1.29 is 19.1 Å². The molecule has 106 valence electrons. The molecule has 1 rings (SSSR count). The van der Waals surface area contributed by atoms with Crippen LogP contribution in [0.3, 0.4) is 0 Å². The number of ether oxygens (including phenoxy) is 1. The summed E-state index contributed by atoms with van der Waals surface area (Å²) in [7, 11) is 0. The van der Waals surface area contributed by atoms with Gasteiger partial charge in [-0.15, -0.1) is 0 Å². The molecule has 1 atom stereocenters. The lowest BCUT2D eigenvalue weighted by atomic mass is 10.1. The number of carbonyl (C=O) groups is 3. The van der Waals surface area contributed by atoms with E-state index in [0.717, 1.165) is 0 Å². The van der Waals surface area contributed by atoms with Crippen molar-refractivity contribution in [1.82, 2.24) is 10.2 Å². The molecule has 7 heteroatoms. The van der Waals surface area contributed by atoms with Crippen LogP contribution < -0.4 is 5.32 Å². The number of nitrogens with one attached hydrogen (secondary N) is 1. The number of carbonyl (C=O) groups excluding carboxylic acids is 3. The van der Waals surface area contributed by atoms with Crippen molar-refractivity contribution in [1.29, 1.82) is 0 Å². The summed E-state index contributed by atoms with van der Waals surface area (Å²) in [6.45, 7) is 4.17. The molecule has 2 amide bonds. The van der Waals surface area contributed by atoms with Crippen LogP contribution in [0, 0.1) is 0 Å². The summed E-state index contributed by atoms with van der Waals surface area (Å²) in [4.78, 5) is 35.2. The van der Waals surface area contributed by atoms with Crippen LogP contribution in [0.1, 0.15) is 19.3 Å². The molecule has 1 aliphatic rings. The zero-order chi connectivity index (χ0) is 14.3. The summed E-state index contributed by atoms with van der Waals surface area (Å²) >= 11 is 5.34. The second-order valence-corrected chi connectivity index (χ2v) is 4.57. The fraction of sp³-hybridized carbons (Fsp3) is 0.583.